The lowest BCUT2D eigenvalue weighted by atomic mass is 10.2. The molecule has 17 heavy (non-hydrogen) atoms. The number of nitrogens with zero attached hydrogens (tertiary/aromatic N) is 2. The topological polar surface area (TPSA) is 49.8 Å². The molecule has 1 aromatic rings. The van der Waals surface area contributed by atoms with Crippen LogP contribution in [-0.4, -0.2) is 34.1 Å². The molecule has 1 saturated heterocycles. The van der Waals surface area contributed by atoms with Crippen molar-refractivity contribution in [3.63, 3.8) is 0 Å². The van der Waals surface area contributed by atoms with Gasteiger partial charge in [0.25, 0.3) is 0 Å². The Hall–Kier alpha value is -1.04. The van der Waals surface area contributed by atoms with E-state index in [2.05, 4.69) is 20.6 Å². The van der Waals surface area contributed by atoms with Gasteiger partial charge < -0.3 is 10.6 Å². The van der Waals surface area contributed by atoms with Crippen LogP contribution < -0.4 is 10.6 Å². The lowest BCUT2D eigenvalue weighted by Crippen LogP contribution is -2.27. The first kappa shape index (κ1) is 12.4. The average molecular weight is 256 g/mol. The molecule has 1 unspecified atom stereocenters. The van der Waals surface area contributed by atoms with Crippen LogP contribution in [0.15, 0.2) is 6.20 Å². The van der Waals surface area contributed by atoms with Gasteiger partial charge in [0, 0.05) is 18.3 Å². The van der Waals surface area contributed by atoms with E-state index < -0.39 is 0 Å². The lowest BCUT2D eigenvalue weighted by Gasteiger charge is -2.23. The number of halogens is 1. The van der Waals surface area contributed by atoms with Crippen LogP contribution in [0.2, 0.25) is 0 Å². The maximum Gasteiger partial charge on any atom is 0.224 e. The monoisotopic (exact) mass is 256 g/mol. The number of hydrogen-bond donors (Lipinski definition) is 2. The summed E-state index contributed by atoms with van der Waals surface area (Å²) in [6.45, 7) is 2.68. The Morgan fingerprint density at radius 3 is 3.18 bits per heavy atom. The van der Waals surface area contributed by atoms with Gasteiger partial charge in [-0.25, -0.2) is 9.37 Å². The first-order valence-corrected chi connectivity index (χ1v) is 7.05. The zero-order valence-electron chi connectivity index (χ0n) is 9.87. The van der Waals surface area contributed by atoms with Crippen molar-refractivity contribution in [3.8, 4) is 0 Å². The zero-order chi connectivity index (χ0) is 12.1. The second-order valence-electron chi connectivity index (χ2n) is 3.98. The molecule has 0 saturated carbocycles. The van der Waals surface area contributed by atoms with Crippen LogP contribution in [0.5, 0.6) is 0 Å². The number of anilines is 2. The first-order valence-electron chi connectivity index (χ1n) is 5.90. The van der Waals surface area contributed by atoms with Gasteiger partial charge in [0.05, 0.1) is 6.20 Å². The third kappa shape index (κ3) is 3.46. The Morgan fingerprint density at radius 2 is 2.47 bits per heavy atom. The largest absolute Gasteiger partial charge is 0.364 e. The smallest absolute Gasteiger partial charge is 0.224 e. The van der Waals surface area contributed by atoms with Gasteiger partial charge in [-0.15, -0.1) is 0 Å². The van der Waals surface area contributed by atoms with E-state index in [4.69, 9.17) is 0 Å². The number of aromatic nitrogens is 2. The van der Waals surface area contributed by atoms with Gasteiger partial charge in [0.1, 0.15) is 0 Å². The van der Waals surface area contributed by atoms with Crippen molar-refractivity contribution < 1.29 is 4.39 Å². The molecule has 6 heteroatoms. The summed E-state index contributed by atoms with van der Waals surface area (Å²) in [6.07, 6.45) is 3.46. The molecule has 0 spiro atoms. The second-order valence-corrected chi connectivity index (χ2v) is 5.13. The van der Waals surface area contributed by atoms with Crippen LogP contribution >= 0.6 is 11.8 Å². The minimum absolute atomic E-state index is 0.309. The van der Waals surface area contributed by atoms with E-state index in [0.29, 0.717) is 17.8 Å². The molecule has 1 atom stereocenters. The number of hydrogen-bond acceptors (Lipinski definition) is 5. The summed E-state index contributed by atoms with van der Waals surface area (Å²) >= 11 is 1.90. The number of rotatable bonds is 4. The molecule has 4 nitrogen and oxygen atoms in total. The van der Waals surface area contributed by atoms with Crippen LogP contribution in [0.25, 0.3) is 0 Å². The highest BCUT2D eigenvalue weighted by Gasteiger charge is 2.16. The molecule has 2 heterocycles. The minimum atomic E-state index is -0.387. The highest BCUT2D eigenvalue weighted by Crippen LogP contribution is 2.21. The molecule has 1 fully saturated rings. The SMILES string of the molecule is CCNc1ncc(F)c(NC2CCCSC2)n1. The summed E-state index contributed by atoms with van der Waals surface area (Å²) < 4.78 is 13.5. The molecule has 0 radical (unpaired) electrons. The Kier molecular flexibility index (Phi) is 4.42. The van der Waals surface area contributed by atoms with E-state index in [0.717, 1.165) is 18.7 Å². The van der Waals surface area contributed by atoms with Gasteiger partial charge >= 0.3 is 0 Å². The molecule has 0 aliphatic carbocycles. The van der Waals surface area contributed by atoms with Crippen LogP contribution in [0, 0.1) is 5.82 Å². The molecule has 2 N–H and O–H groups in total. The predicted molar refractivity (Wildman–Crippen MR) is 70.1 cm³/mol. The van der Waals surface area contributed by atoms with Crippen molar-refractivity contribution in [2.75, 3.05) is 28.7 Å². The van der Waals surface area contributed by atoms with Crippen molar-refractivity contribution in [1.29, 1.82) is 0 Å². The van der Waals surface area contributed by atoms with Crippen LogP contribution in [0.4, 0.5) is 16.2 Å². The third-order valence-electron chi connectivity index (χ3n) is 2.58. The van der Waals surface area contributed by atoms with E-state index in [1.165, 1.54) is 18.4 Å². The Morgan fingerprint density at radius 1 is 1.59 bits per heavy atom. The minimum Gasteiger partial charge on any atom is -0.364 e. The van der Waals surface area contributed by atoms with Crippen molar-refractivity contribution in [2.24, 2.45) is 0 Å². The Balaban J connectivity index is 2.04. The summed E-state index contributed by atoms with van der Waals surface area (Å²) in [7, 11) is 0. The first-order chi connectivity index (χ1) is 8.29. The van der Waals surface area contributed by atoms with E-state index in [1.807, 2.05) is 18.7 Å². The number of thioether (sulfide) groups is 1. The molecular formula is C11H17FN4S. The summed E-state index contributed by atoms with van der Waals surface area (Å²) in [5, 5.41) is 6.14. The fourth-order valence-corrected chi connectivity index (χ4v) is 2.83. The standard InChI is InChI=1S/C11H17FN4S/c1-2-13-11-14-6-9(12)10(16-11)15-8-4-3-5-17-7-8/h6,8H,2-5,7H2,1H3,(H2,13,14,15,16). The van der Waals surface area contributed by atoms with Crippen LogP contribution in [0.1, 0.15) is 19.8 Å². The van der Waals surface area contributed by atoms with Gasteiger partial charge in [0.2, 0.25) is 5.95 Å². The highest BCUT2D eigenvalue weighted by atomic mass is 32.2. The molecule has 0 aromatic carbocycles. The normalized spacial score (nSPS) is 20.0. The fourth-order valence-electron chi connectivity index (χ4n) is 1.76. The second kappa shape index (κ2) is 6.05. The molecule has 1 aliphatic rings. The van der Waals surface area contributed by atoms with Crippen LogP contribution in [-0.2, 0) is 0 Å². The van der Waals surface area contributed by atoms with Gasteiger partial charge in [-0.3, -0.25) is 0 Å². The van der Waals surface area contributed by atoms with Gasteiger partial charge in [-0.05, 0) is 25.5 Å². The molecular weight excluding hydrogens is 239 g/mol. The van der Waals surface area contributed by atoms with Crippen molar-refractivity contribution >= 4 is 23.5 Å². The van der Waals surface area contributed by atoms with E-state index in [9.17, 15) is 4.39 Å². The third-order valence-corrected chi connectivity index (χ3v) is 3.80. The van der Waals surface area contributed by atoms with E-state index in [1.54, 1.807) is 0 Å². The summed E-state index contributed by atoms with van der Waals surface area (Å²) in [5.41, 5.74) is 0. The van der Waals surface area contributed by atoms with Crippen LogP contribution in [0.3, 0.4) is 0 Å². The number of nitrogens with one attached hydrogen (secondary N) is 2. The quantitative estimate of drug-likeness (QED) is 0.866. The van der Waals surface area contributed by atoms with Crippen molar-refractivity contribution in [3.05, 3.63) is 12.0 Å². The highest BCUT2D eigenvalue weighted by molar-refractivity contribution is 7.99. The maximum atomic E-state index is 13.5. The molecule has 0 amide bonds. The van der Waals surface area contributed by atoms with E-state index in [-0.39, 0.29) is 5.82 Å². The lowest BCUT2D eigenvalue weighted by molar-refractivity contribution is 0.606. The molecule has 0 bridgehead atoms. The summed E-state index contributed by atoms with van der Waals surface area (Å²) in [4.78, 5) is 8.02. The van der Waals surface area contributed by atoms with Gasteiger partial charge in [-0.2, -0.15) is 16.7 Å². The predicted octanol–water partition coefficient (Wildman–Crippen LogP) is 2.36. The molecule has 2 rings (SSSR count). The Bertz CT molecular complexity index is 368. The summed E-state index contributed by atoms with van der Waals surface area (Å²) in [5.74, 6) is 2.61. The van der Waals surface area contributed by atoms with E-state index >= 15 is 0 Å². The zero-order valence-corrected chi connectivity index (χ0v) is 10.7. The Labute approximate surface area is 105 Å². The van der Waals surface area contributed by atoms with Crippen molar-refractivity contribution in [1.82, 2.24) is 9.97 Å². The van der Waals surface area contributed by atoms with Gasteiger partial charge in [-0.1, -0.05) is 0 Å². The maximum absolute atomic E-state index is 13.5. The average Bonchev–Trinajstić information content (AvgIpc) is 2.35. The molecule has 94 valence electrons. The molecule has 1 aromatic heterocycles. The summed E-state index contributed by atoms with van der Waals surface area (Å²) in [6, 6.07) is 0.313. The molecule has 1 aliphatic heterocycles. The van der Waals surface area contributed by atoms with Gasteiger partial charge in [0.15, 0.2) is 11.6 Å². The van der Waals surface area contributed by atoms with Crippen molar-refractivity contribution in [2.45, 2.75) is 25.8 Å². The fraction of sp³-hybridized carbons (Fsp3) is 0.636.